The molecule has 3 unspecified atom stereocenters. The zero-order valence-corrected chi connectivity index (χ0v) is 15.9. The fourth-order valence-corrected chi connectivity index (χ4v) is 4.91. The Bertz CT molecular complexity index is 586. The van der Waals surface area contributed by atoms with Crippen molar-refractivity contribution in [3.05, 3.63) is 26.8 Å². The van der Waals surface area contributed by atoms with E-state index < -0.39 is 0 Å². The molecule has 4 nitrogen and oxygen atoms in total. The second-order valence-electron chi connectivity index (χ2n) is 6.51. The predicted molar refractivity (Wildman–Crippen MR) is 97.5 cm³/mol. The fourth-order valence-electron chi connectivity index (χ4n) is 3.74. The minimum absolute atomic E-state index is 0.0162. The van der Waals surface area contributed by atoms with Crippen LogP contribution in [0.15, 0.2) is 21.9 Å². The summed E-state index contributed by atoms with van der Waals surface area (Å²) in [6, 6.07) is 0.259. The van der Waals surface area contributed by atoms with E-state index in [1.54, 1.807) is 6.20 Å². The van der Waals surface area contributed by atoms with Crippen LogP contribution in [0.3, 0.4) is 0 Å². The van der Waals surface area contributed by atoms with Crippen LogP contribution in [0.2, 0.25) is 0 Å². The van der Waals surface area contributed by atoms with Crippen LogP contribution >= 0.6 is 27.3 Å². The average molecular weight is 398 g/mol. The molecule has 1 aliphatic carbocycles. The van der Waals surface area contributed by atoms with Crippen LogP contribution in [0.4, 0.5) is 0 Å². The molecule has 2 aliphatic rings. The number of halogens is 1. The summed E-state index contributed by atoms with van der Waals surface area (Å²) in [7, 11) is 0. The molecule has 6 heteroatoms. The zero-order chi connectivity index (χ0) is 16.2. The lowest BCUT2D eigenvalue weighted by Crippen LogP contribution is -2.37. The lowest BCUT2D eigenvalue weighted by molar-refractivity contribution is 0.0930. The van der Waals surface area contributed by atoms with Gasteiger partial charge in [0.25, 0.3) is 5.91 Å². The molecule has 0 radical (unpaired) electrons. The molecule has 126 valence electrons. The number of nitrogens with one attached hydrogen (secondary N) is 2. The van der Waals surface area contributed by atoms with E-state index in [1.807, 2.05) is 0 Å². The summed E-state index contributed by atoms with van der Waals surface area (Å²) in [5, 5.41) is 6.80. The van der Waals surface area contributed by atoms with Gasteiger partial charge in [-0.3, -0.25) is 4.79 Å². The van der Waals surface area contributed by atoms with Gasteiger partial charge in [0, 0.05) is 24.2 Å². The van der Waals surface area contributed by atoms with Gasteiger partial charge in [0.15, 0.2) is 3.92 Å². The minimum atomic E-state index is 0.0162. The van der Waals surface area contributed by atoms with E-state index >= 15 is 0 Å². The first-order valence-corrected chi connectivity index (χ1v) is 10.1. The summed E-state index contributed by atoms with van der Waals surface area (Å²) < 4.78 is 0.758. The number of unbranched alkanes of at least 4 members (excludes halogenated alkanes) is 1. The van der Waals surface area contributed by atoms with E-state index in [0.717, 1.165) is 36.1 Å². The number of carbonyl (C=O) groups excluding carboxylic acids is 1. The SMILES string of the molecule is CCCCC(CC1CNC2=CCCC21)NC(=O)c1cnc(Br)s1. The summed E-state index contributed by atoms with van der Waals surface area (Å²) in [5.74, 6) is 1.36. The molecule has 3 atom stereocenters. The van der Waals surface area contributed by atoms with Crippen LogP contribution < -0.4 is 10.6 Å². The molecule has 1 saturated heterocycles. The lowest BCUT2D eigenvalue weighted by Gasteiger charge is -2.24. The van der Waals surface area contributed by atoms with Crippen LogP contribution in [0.1, 0.15) is 55.1 Å². The number of rotatable bonds is 7. The molecule has 2 N–H and O–H groups in total. The summed E-state index contributed by atoms with van der Waals surface area (Å²) >= 11 is 4.72. The number of fused-ring (bicyclic) bond motifs is 1. The molecule has 1 aromatic rings. The lowest BCUT2D eigenvalue weighted by atomic mass is 9.86. The summed E-state index contributed by atoms with van der Waals surface area (Å²) in [5.41, 5.74) is 1.45. The van der Waals surface area contributed by atoms with Crippen molar-refractivity contribution >= 4 is 33.2 Å². The smallest absolute Gasteiger partial charge is 0.263 e. The number of aromatic nitrogens is 1. The molecule has 1 fully saturated rings. The standard InChI is InChI=1S/C17H24BrN3OS/c1-2-3-5-12(21-16(22)15-10-20-17(18)23-15)8-11-9-19-14-7-4-6-13(11)14/h7,10-13,19H,2-6,8-9H2,1H3,(H,21,22). The summed E-state index contributed by atoms with van der Waals surface area (Å²) in [6.45, 7) is 3.26. The van der Waals surface area contributed by atoms with E-state index in [4.69, 9.17) is 0 Å². The largest absolute Gasteiger partial charge is 0.388 e. The van der Waals surface area contributed by atoms with Crippen LogP contribution in [-0.4, -0.2) is 23.5 Å². The van der Waals surface area contributed by atoms with Crippen molar-refractivity contribution in [3.8, 4) is 0 Å². The Balaban J connectivity index is 1.61. The summed E-state index contributed by atoms with van der Waals surface area (Å²) in [6.07, 6.45) is 10.9. The van der Waals surface area contributed by atoms with Gasteiger partial charge in [-0.1, -0.05) is 25.8 Å². The highest BCUT2D eigenvalue weighted by atomic mass is 79.9. The van der Waals surface area contributed by atoms with Gasteiger partial charge in [0.2, 0.25) is 0 Å². The van der Waals surface area contributed by atoms with Crippen molar-refractivity contribution in [1.29, 1.82) is 0 Å². The Labute approximate surface area is 150 Å². The zero-order valence-electron chi connectivity index (χ0n) is 13.5. The highest BCUT2D eigenvalue weighted by molar-refractivity contribution is 9.11. The second kappa shape index (κ2) is 7.79. The van der Waals surface area contributed by atoms with Gasteiger partial charge in [-0.2, -0.15) is 0 Å². The number of carbonyl (C=O) groups is 1. The first-order valence-electron chi connectivity index (χ1n) is 8.53. The first kappa shape index (κ1) is 17.0. The van der Waals surface area contributed by atoms with Gasteiger partial charge in [-0.15, -0.1) is 11.3 Å². The van der Waals surface area contributed by atoms with Gasteiger partial charge in [0.05, 0.1) is 6.20 Å². The van der Waals surface area contributed by atoms with Crippen LogP contribution in [0, 0.1) is 11.8 Å². The van der Waals surface area contributed by atoms with Crippen molar-refractivity contribution in [3.63, 3.8) is 0 Å². The topological polar surface area (TPSA) is 54.0 Å². The molecule has 0 aromatic carbocycles. The average Bonchev–Trinajstić information content (AvgIpc) is 3.23. The van der Waals surface area contributed by atoms with E-state index in [2.05, 4.69) is 44.5 Å². The van der Waals surface area contributed by atoms with E-state index in [1.165, 1.54) is 29.9 Å². The Hall–Kier alpha value is -0.880. The van der Waals surface area contributed by atoms with Crippen LogP contribution in [0.25, 0.3) is 0 Å². The normalized spacial score (nSPS) is 24.0. The van der Waals surface area contributed by atoms with Crippen molar-refractivity contribution in [2.75, 3.05) is 6.54 Å². The van der Waals surface area contributed by atoms with Crippen LogP contribution in [0.5, 0.6) is 0 Å². The second-order valence-corrected chi connectivity index (χ2v) is 8.82. The fraction of sp³-hybridized carbons (Fsp3) is 0.647. The van der Waals surface area contributed by atoms with Crippen LogP contribution in [-0.2, 0) is 0 Å². The number of hydrogen-bond donors (Lipinski definition) is 2. The first-order chi connectivity index (χ1) is 11.2. The maximum Gasteiger partial charge on any atom is 0.263 e. The quantitative estimate of drug-likeness (QED) is 0.727. The number of allylic oxidation sites excluding steroid dienone is 2. The molecule has 1 amide bonds. The number of amides is 1. The maximum absolute atomic E-state index is 12.4. The monoisotopic (exact) mass is 397 g/mol. The molecule has 0 bridgehead atoms. The highest BCUT2D eigenvalue weighted by Gasteiger charge is 2.35. The highest BCUT2D eigenvalue weighted by Crippen LogP contribution is 2.37. The van der Waals surface area contributed by atoms with Crippen molar-refractivity contribution < 1.29 is 4.79 Å². The number of thiazole rings is 1. The molecular weight excluding hydrogens is 374 g/mol. The molecule has 0 saturated carbocycles. The summed E-state index contributed by atoms with van der Waals surface area (Å²) in [4.78, 5) is 17.2. The number of nitrogens with zero attached hydrogens (tertiary/aromatic N) is 1. The van der Waals surface area contributed by atoms with Crippen molar-refractivity contribution in [2.45, 2.75) is 51.5 Å². The predicted octanol–water partition coefficient (Wildman–Crippen LogP) is 4.10. The minimum Gasteiger partial charge on any atom is -0.388 e. The van der Waals surface area contributed by atoms with E-state index in [0.29, 0.717) is 16.7 Å². The van der Waals surface area contributed by atoms with Crippen molar-refractivity contribution in [2.24, 2.45) is 11.8 Å². The van der Waals surface area contributed by atoms with Gasteiger partial charge < -0.3 is 10.6 Å². The molecule has 1 aromatic heterocycles. The Morgan fingerprint density at radius 2 is 2.48 bits per heavy atom. The molecular formula is C17H24BrN3OS. The number of hydrogen-bond acceptors (Lipinski definition) is 4. The Kier molecular flexibility index (Phi) is 5.75. The Morgan fingerprint density at radius 3 is 3.22 bits per heavy atom. The third-order valence-corrected chi connectivity index (χ3v) is 6.38. The molecule has 0 spiro atoms. The molecule has 2 heterocycles. The molecule has 23 heavy (non-hydrogen) atoms. The van der Waals surface area contributed by atoms with E-state index in [-0.39, 0.29) is 11.9 Å². The van der Waals surface area contributed by atoms with Gasteiger partial charge in [-0.25, -0.2) is 4.98 Å². The molecule has 1 aliphatic heterocycles. The van der Waals surface area contributed by atoms with Gasteiger partial charge >= 0.3 is 0 Å². The molecule has 3 rings (SSSR count). The van der Waals surface area contributed by atoms with E-state index in [9.17, 15) is 4.79 Å². The van der Waals surface area contributed by atoms with Gasteiger partial charge in [0.1, 0.15) is 4.88 Å². The van der Waals surface area contributed by atoms with Crippen molar-refractivity contribution in [1.82, 2.24) is 15.6 Å². The third kappa shape index (κ3) is 4.15. The Morgan fingerprint density at radius 1 is 1.61 bits per heavy atom. The third-order valence-electron chi connectivity index (χ3n) is 4.91. The van der Waals surface area contributed by atoms with Gasteiger partial charge in [-0.05, 0) is 47.5 Å². The maximum atomic E-state index is 12.4.